The van der Waals surface area contributed by atoms with Crippen LogP contribution in [0.5, 0.6) is 11.5 Å². The van der Waals surface area contributed by atoms with Crippen molar-refractivity contribution in [2.24, 2.45) is 0 Å². The molecule has 0 unspecified atom stereocenters. The van der Waals surface area contributed by atoms with Crippen LogP contribution < -0.4 is 20.3 Å². The number of aromatic hydroxyl groups is 1. The quantitative estimate of drug-likeness (QED) is 0.0276. The van der Waals surface area contributed by atoms with E-state index in [0.29, 0.717) is 138 Å². The minimum absolute atomic E-state index is 0.0114. The van der Waals surface area contributed by atoms with Gasteiger partial charge in [0.2, 0.25) is 24.2 Å². The molecule has 0 aliphatic carbocycles. The minimum Gasteiger partial charge on any atom is -0.508 e. The fourth-order valence-corrected chi connectivity index (χ4v) is 9.09. The van der Waals surface area contributed by atoms with Gasteiger partial charge in [0.05, 0.1) is 74.0 Å². The lowest BCUT2D eigenvalue weighted by Gasteiger charge is -2.35. The second-order valence-corrected chi connectivity index (χ2v) is 17.7. The summed E-state index contributed by atoms with van der Waals surface area (Å²) in [5.74, 6) is 0.180. The fourth-order valence-electron chi connectivity index (χ4n) is 7.99. The number of thiazole rings is 1. The summed E-state index contributed by atoms with van der Waals surface area (Å²) in [6, 6.07) is 17.9. The summed E-state index contributed by atoms with van der Waals surface area (Å²) in [6.07, 6.45) is 2.04. The fraction of sp³-hybridized carbons (Fsp3) is 0.373. The number of anilines is 2. The van der Waals surface area contributed by atoms with Crippen molar-refractivity contribution < 1.29 is 47.6 Å². The van der Waals surface area contributed by atoms with Gasteiger partial charge >= 0.3 is 0 Å². The van der Waals surface area contributed by atoms with Crippen molar-refractivity contribution in [3.05, 3.63) is 101 Å². The van der Waals surface area contributed by atoms with E-state index in [1.165, 1.54) is 12.1 Å². The van der Waals surface area contributed by atoms with E-state index in [0.717, 1.165) is 21.7 Å². The summed E-state index contributed by atoms with van der Waals surface area (Å²) in [5, 5.41) is 18.3. The molecule has 3 amide bonds. The average Bonchev–Trinajstić information content (AvgIpc) is 3.82. The van der Waals surface area contributed by atoms with E-state index in [2.05, 4.69) is 27.2 Å². The molecule has 20 heteroatoms. The van der Waals surface area contributed by atoms with Crippen LogP contribution in [0.3, 0.4) is 0 Å². The predicted molar refractivity (Wildman–Crippen MR) is 273 cm³/mol. The summed E-state index contributed by atoms with van der Waals surface area (Å²) in [4.78, 5) is 56.3. The van der Waals surface area contributed by atoms with Gasteiger partial charge < -0.3 is 54.1 Å². The van der Waals surface area contributed by atoms with Crippen molar-refractivity contribution in [2.75, 3.05) is 116 Å². The maximum absolute atomic E-state index is 16.9. The SMILES string of the molecule is C=CC(=O)N1CCN(c2nc(NCCC(=O)N(C)CCOCCOCCOCCOCCOc3cc(-c4scnc4C)ccc3CNC=O)nc3c(F)c(-c4cc(O)cc5ccccc45)c(Cl)cc23)CC1. The molecule has 17 nitrogen and oxygen atoms in total. The van der Waals surface area contributed by atoms with Gasteiger partial charge in [-0.3, -0.25) is 14.4 Å². The first-order valence-electron chi connectivity index (χ1n) is 23.3. The van der Waals surface area contributed by atoms with Crippen LogP contribution in [0.4, 0.5) is 16.2 Å². The van der Waals surface area contributed by atoms with Crippen LogP contribution in [0.2, 0.25) is 5.02 Å². The minimum atomic E-state index is -0.687. The second kappa shape index (κ2) is 26.1. The molecule has 0 bridgehead atoms. The van der Waals surface area contributed by atoms with E-state index in [1.807, 2.05) is 59.8 Å². The number of fused-ring (bicyclic) bond motifs is 2. The molecule has 7 rings (SSSR count). The van der Waals surface area contributed by atoms with Gasteiger partial charge in [-0.05, 0) is 59.2 Å². The van der Waals surface area contributed by atoms with Crippen molar-refractivity contribution in [3.63, 3.8) is 0 Å². The van der Waals surface area contributed by atoms with Gasteiger partial charge in [0.15, 0.2) is 5.82 Å². The molecule has 6 aromatic rings. The zero-order valence-electron chi connectivity index (χ0n) is 39.8. The number of carbonyl (C=O) groups is 3. The Morgan fingerprint density at radius 3 is 2.31 bits per heavy atom. The Kier molecular flexibility index (Phi) is 19.2. The molecule has 1 saturated heterocycles. The Morgan fingerprint density at radius 2 is 1.62 bits per heavy atom. The molecular weight excluding hydrogens is 955 g/mol. The summed E-state index contributed by atoms with van der Waals surface area (Å²) in [6.45, 7) is 11.4. The lowest BCUT2D eigenvalue weighted by molar-refractivity contribution is -0.130. The van der Waals surface area contributed by atoms with Gasteiger partial charge in [0, 0.05) is 75.8 Å². The van der Waals surface area contributed by atoms with E-state index in [4.69, 9.17) is 40.3 Å². The molecule has 0 saturated carbocycles. The van der Waals surface area contributed by atoms with Crippen molar-refractivity contribution in [3.8, 4) is 33.1 Å². The Labute approximate surface area is 420 Å². The molecule has 0 atom stereocenters. The molecule has 376 valence electrons. The van der Waals surface area contributed by atoms with Crippen LogP contribution in [-0.2, 0) is 39.9 Å². The number of piperazine rings is 1. The maximum Gasteiger partial charge on any atom is 0.246 e. The number of hydrogen-bond donors (Lipinski definition) is 3. The molecule has 2 aromatic heterocycles. The normalized spacial score (nSPS) is 12.6. The topological polar surface area (TPSA) is 190 Å². The number of hydrogen-bond acceptors (Lipinski definition) is 15. The Morgan fingerprint density at radius 1 is 0.915 bits per heavy atom. The van der Waals surface area contributed by atoms with Crippen molar-refractivity contribution in [2.45, 2.75) is 19.9 Å². The number of carbonyl (C=O) groups excluding carboxylic acids is 3. The number of halogens is 2. The number of aromatic nitrogens is 3. The zero-order chi connectivity index (χ0) is 50.1. The molecular formula is C51H58ClFN8O9S. The van der Waals surface area contributed by atoms with Crippen molar-refractivity contribution >= 4 is 74.6 Å². The van der Waals surface area contributed by atoms with Gasteiger partial charge in [-0.1, -0.05) is 54.6 Å². The highest BCUT2D eigenvalue weighted by Crippen LogP contribution is 2.42. The van der Waals surface area contributed by atoms with E-state index in [1.54, 1.807) is 40.3 Å². The Bertz CT molecular complexity index is 2790. The summed E-state index contributed by atoms with van der Waals surface area (Å²) in [7, 11) is 1.69. The first-order chi connectivity index (χ1) is 34.6. The van der Waals surface area contributed by atoms with E-state index in [9.17, 15) is 19.5 Å². The summed E-state index contributed by atoms with van der Waals surface area (Å²) in [5.41, 5.74) is 5.13. The second-order valence-electron chi connectivity index (χ2n) is 16.4. The van der Waals surface area contributed by atoms with Crippen LogP contribution in [0, 0.1) is 12.7 Å². The molecule has 71 heavy (non-hydrogen) atoms. The molecule has 0 radical (unpaired) electrons. The highest BCUT2D eigenvalue weighted by atomic mass is 35.5. The molecule has 1 aliphatic rings. The van der Waals surface area contributed by atoms with E-state index in [-0.39, 0.29) is 52.6 Å². The third-order valence-corrected chi connectivity index (χ3v) is 13.0. The molecule has 3 N–H and O–H groups in total. The number of nitrogens with zero attached hydrogens (tertiary/aromatic N) is 6. The first kappa shape index (κ1) is 52.3. The third-order valence-electron chi connectivity index (χ3n) is 11.7. The van der Waals surface area contributed by atoms with Crippen LogP contribution in [0.25, 0.3) is 43.2 Å². The summed E-state index contributed by atoms with van der Waals surface area (Å²) >= 11 is 8.43. The van der Waals surface area contributed by atoms with Crippen LogP contribution in [-0.4, -0.2) is 154 Å². The van der Waals surface area contributed by atoms with Gasteiger partial charge in [-0.2, -0.15) is 4.98 Å². The molecule has 1 aliphatic heterocycles. The lowest BCUT2D eigenvalue weighted by atomic mass is 9.96. The van der Waals surface area contributed by atoms with Crippen LogP contribution >= 0.6 is 22.9 Å². The van der Waals surface area contributed by atoms with Crippen molar-refractivity contribution in [1.29, 1.82) is 0 Å². The van der Waals surface area contributed by atoms with Gasteiger partial charge in [-0.25, -0.2) is 14.4 Å². The molecule has 1 fully saturated rings. The monoisotopic (exact) mass is 1010 g/mol. The number of amides is 3. The smallest absolute Gasteiger partial charge is 0.246 e. The Hall–Kier alpha value is -6.48. The third kappa shape index (κ3) is 13.9. The number of nitrogens with one attached hydrogen (secondary N) is 2. The van der Waals surface area contributed by atoms with Gasteiger partial charge in [0.25, 0.3) is 0 Å². The number of rotatable bonds is 27. The van der Waals surface area contributed by atoms with Crippen molar-refractivity contribution in [1.82, 2.24) is 30.1 Å². The van der Waals surface area contributed by atoms with Gasteiger partial charge in [-0.15, -0.1) is 11.3 Å². The van der Waals surface area contributed by atoms with Crippen LogP contribution in [0.1, 0.15) is 17.7 Å². The number of likely N-dealkylation sites (N-methyl/N-ethyl adjacent to an activating group) is 1. The molecule has 4 aromatic carbocycles. The predicted octanol–water partition coefficient (Wildman–Crippen LogP) is 6.87. The number of phenols is 1. The van der Waals surface area contributed by atoms with Gasteiger partial charge in [0.1, 0.15) is 29.4 Å². The number of aryl methyl sites for hydroxylation is 1. The standard InChI is InChI=1S/C51H58ClFN8O9S/c1-4-44(64)60-13-15-61(16-14-60)50-41-30-42(52)46(40-29-38(63)27-35-7-5-6-8-39(35)40)47(53)48(41)57-51(58-50)55-12-11-45(65)59(3)17-18-66-19-20-67-21-22-68-23-24-69-25-26-70-43-28-36(49-34(2)56-33-71-49)9-10-37(43)31-54-32-62/h4-10,27-30,32-33,63H,1,11-26,31H2,2-3H3,(H,54,62)(H,55,57,58). The zero-order valence-corrected chi connectivity index (χ0v) is 41.4. The first-order valence-corrected chi connectivity index (χ1v) is 24.5. The number of ether oxygens (including phenoxy) is 5. The number of benzene rings is 4. The largest absolute Gasteiger partial charge is 0.508 e. The van der Waals surface area contributed by atoms with E-state index >= 15 is 4.39 Å². The maximum atomic E-state index is 16.9. The number of phenolic OH excluding ortho intramolecular Hbond substituents is 1. The van der Waals surface area contributed by atoms with Crippen LogP contribution in [0.15, 0.2) is 78.8 Å². The lowest BCUT2D eigenvalue weighted by Crippen LogP contribution is -2.48. The molecule has 3 heterocycles. The highest BCUT2D eigenvalue weighted by Gasteiger charge is 2.27. The average molecular weight is 1010 g/mol. The molecule has 0 spiro atoms. The summed E-state index contributed by atoms with van der Waals surface area (Å²) < 4.78 is 45.5. The van der Waals surface area contributed by atoms with E-state index < -0.39 is 5.82 Å². The Balaban J connectivity index is 0.812. The highest BCUT2D eigenvalue weighted by molar-refractivity contribution is 7.13.